The Bertz CT molecular complexity index is 435. The Morgan fingerprint density at radius 1 is 1.22 bits per heavy atom. The Morgan fingerprint density at radius 3 is 2.28 bits per heavy atom. The molecule has 0 amide bonds. The minimum absolute atomic E-state index is 0.123. The third-order valence-corrected chi connectivity index (χ3v) is 2.89. The summed E-state index contributed by atoms with van der Waals surface area (Å²) >= 11 is 0. The average molecular weight is 251 g/mol. The van der Waals surface area contributed by atoms with E-state index in [1.807, 2.05) is 20.8 Å². The standard InChI is InChI=1S/C14H21NO3/c1-14(2,3)13(15)12(16)10-7-6-9(17-4)8-11(10)18-5/h6-8,13H,15H2,1-5H3/t13-/m1/s1. The number of benzene rings is 1. The lowest BCUT2D eigenvalue weighted by atomic mass is 9.82. The van der Waals surface area contributed by atoms with Gasteiger partial charge in [-0.1, -0.05) is 20.8 Å². The summed E-state index contributed by atoms with van der Waals surface area (Å²) in [7, 11) is 3.09. The summed E-state index contributed by atoms with van der Waals surface area (Å²) in [6, 6.07) is 4.53. The first-order valence-corrected chi connectivity index (χ1v) is 5.83. The van der Waals surface area contributed by atoms with Crippen molar-refractivity contribution in [3.05, 3.63) is 23.8 Å². The number of methoxy groups -OCH3 is 2. The number of Topliss-reactive ketones (excluding diaryl/α,β-unsaturated/α-hetero) is 1. The van der Waals surface area contributed by atoms with E-state index in [2.05, 4.69) is 0 Å². The van der Waals surface area contributed by atoms with E-state index in [1.54, 1.807) is 25.3 Å². The minimum Gasteiger partial charge on any atom is -0.497 e. The van der Waals surface area contributed by atoms with Crippen molar-refractivity contribution in [1.82, 2.24) is 0 Å². The van der Waals surface area contributed by atoms with Gasteiger partial charge in [-0.3, -0.25) is 4.79 Å². The van der Waals surface area contributed by atoms with E-state index in [0.717, 1.165) is 0 Å². The van der Waals surface area contributed by atoms with Crippen LogP contribution in [0.5, 0.6) is 11.5 Å². The van der Waals surface area contributed by atoms with Crippen LogP contribution in [-0.4, -0.2) is 26.0 Å². The van der Waals surface area contributed by atoms with Crippen molar-refractivity contribution >= 4 is 5.78 Å². The SMILES string of the molecule is COc1ccc(C(=O)[C@@H](N)C(C)(C)C)c(OC)c1. The second-order valence-electron chi connectivity index (χ2n) is 5.27. The van der Waals surface area contributed by atoms with E-state index in [4.69, 9.17) is 15.2 Å². The second kappa shape index (κ2) is 5.40. The van der Waals surface area contributed by atoms with Crippen molar-refractivity contribution in [3.63, 3.8) is 0 Å². The molecule has 0 heterocycles. The van der Waals surface area contributed by atoms with Gasteiger partial charge in [-0.05, 0) is 17.5 Å². The Hall–Kier alpha value is -1.55. The van der Waals surface area contributed by atoms with E-state index in [1.165, 1.54) is 7.11 Å². The molecule has 4 heteroatoms. The van der Waals surface area contributed by atoms with Gasteiger partial charge in [0.1, 0.15) is 11.5 Å². The molecule has 2 N–H and O–H groups in total. The van der Waals surface area contributed by atoms with Crippen LogP contribution in [0.2, 0.25) is 0 Å². The molecule has 0 radical (unpaired) electrons. The quantitative estimate of drug-likeness (QED) is 0.834. The maximum absolute atomic E-state index is 12.3. The summed E-state index contributed by atoms with van der Waals surface area (Å²) in [5, 5.41) is 0. The van der Waals surface area contributed by atoms with E-state index >= 15 is 0 Å². The molecule has 0 aliphatic rings. The first kappa shape index (κ1) is 14.5. The first-order chi connectivity index (χ1) is 8.31. The monoisotopic (exact) mass is 251 g/mol. The zero-order chi connectivity index (χ0) is 13.9. The zero-order valence-corrected chi connectivity index (χ0v) is 11.6. The van der Waals surface area contributed by atoms with Crippen molar-refractivity contribution in [3.8, 4) is 11.5 Å². The zero-order valence-electron chi connectivity index (χ0n) is 11.6. The van der Waals surface area contributed by atoms with Gasteiger partial charge >= 0.3 is 0 Å². The fraction of sp³-hybridized carbons (Fsp3) is 0.500. The topological polar surface area (TPSA) is 61.5 Å². The summed E-state index contributed by atoms with van der Waals surface area (Å²) in [5.74, 6) is 1.01. The van der Waals surface area contributed by atoms with Crippen LogP contribution in [0.1, 0.15) is 31.1 Å². The molecule has 1 aromatic carbocycles. The Kier molecular flexibility index (Phi) is 4.35. The average Bonchev–Trinajstić information content (AvgIpc) is 2.35. The molecule has 0 unspecified atom stereocenters. The molecular weight excluding hydrogens is 230 g/mol. The van der Waals surface area contributed by atoms with Crippen molar-refractivity contribution < 1.29 is 14.3 Å². The molecule has 0 saturated heterocycles. The molecule has 0 bridgehead atoms. The largest absolute Gasteiger partial charge is 0.497 e. The van der Waals surface area contributed by atoms with Gasteiger partial charge in [0, 0.05) is 6.07 Å². The van der Waals surface area contributed by atoms with Gasteiger partial charge < -0.3 is 15.2 Å². The lowest BCUT2D eigenvalue weighted by molar-refractivity contribution is 0.0898. The normalized spacial score (nSPS) is 13.0. The molecule has 0 saturated carbocycles. The predicted octanol–water partition coefficient (Wildman–Crippen LogP) is 2.26. The van der Waals surface area contributed by atoms with Crippen LogP contribution in [0.4, 0.5) is 0 Å². The van der Waals surface area contributed by atoms with Crippen molar-refractivity contribution in [2.45, 2.75) is 26.8 Å². The fourth-order valence-corrected chi connectivity index (χ4v) is 1.56. The number of hydrogen-bond donors (Lipinski definition) is 1. The maximum Gasteiger partial charge on any atom is 0.183 e. The van der Waals surface area contributed by atoms with Gasteiger partial charge in [0.05, 0.1) is 25.8 Å². The fourth-order valence-electron chi connectivity index (χ4n) is 1.56. The van der Waals surface area contributed by atoms with Crippen LogP contribution >= 0.6 is 0 Å². The van der Waals surface area contributed by atoms with Crippen LogP contribution in [0.3, 0.4) is 0 Å². The van der Waals surface area contributed by atoms with Crippen LogP contribution in [-0.2, 0) is 0 Å². The number of carbonyl (C=O) groups is 1. The molecule has 0 aliphatic heterocycles. The molecule has 0 spiro atoms. The molecule has 1 rings (SSSR count). The molecule has 0 aromatic heterocycles. The van der Waals surface area contributed by atoms with Crippen molar-refractivity contribution in [2.75, 3.05) is 14.2 Å². The molecule has 4 nitrogen and oxygen atoms in total. The van der Waals surface area contributed by atoms with E-state index in [0.29, 0.717) is 17.1 Å². The Morgan fingerprint density at radius 2 is 1.83 bits per heavy atom. The molecule has 18 heavy (non-hydrogen) atoms. The highest BCUT2D eigenvalue weighted by Crippen LogP contribution is 2.28. The van der Waals surface area contributed by atoms with Gasteiger partial charge in [-0.2, -0.15) is 0 Å². The predicted molar refractivity (Wildman–Crippen MR) is 71.3 cm³/mol. The highest BCUT2D eigenvalue weighted by Gasteiger charge is 2.30. The number of ketones is 1. The molecule has 1 aromatic rings. The van der Waals surface area contributed by atoms with Crippen LogP contribution < -0.4 is 15.2 Å². The third kappa shape index (κ3) is 3.01. The van der Waals surface area contributed by atoms with Crippen LogP contribution in [0, 0.1) is 5.41 Å². The lowest BCUT2D eigenvalue weighted by Crippen LogP contribution is -2.42. The number of carbonyl (C=O) groups excluding carboxylic acids is 1. The summed E-state index contributed by atoms with van der Waals surface area (Å²) in [6.45, 7) is 5.81. The van der Waals surface area contributed by atoms with Gasteiger partial charge in [0.25, 0.3) is 0 Å². The highest BCUT2D eigenvalue weighted by molar-refractivity contribution is 6.02. The van der Waals surface area contributed by atoms with Crippen LogP contribution in [0.25, 0.3) is 0 Å². The summed E-state index contributed by atoms with van der Waals surface area (Å²) in [5.41, 5.74) is 6.18. The molecule has 0 fully saturated rings. The highest BCUT2D eigenvalue weighted by atomic mass is 16.5. The van der Waals surface area contributed by atoms with E-state index < -0.39 is 6.04 Å². The summed E-state index contributed by atoms with van der Waals surface area (Å²) < 4.78 is 10.3. The van der Waals surface area contributed by atoms with Crippen molar-refractivity contribution in [2.24, 2.45) is 11.1 Å². The number of nitrogens with two attached hydrogens (primary N) is 1. The van der Waals surface area contributed by atoms with Crippen LogP contribution in [0.15, 0.2) is 18.2 Å². The molecule has 100 valence electrons. The summed E-state index contributed by atoms with van der Waals surface area (Å²) in [4.78, 5) is 12.3. The first-order valence-electron chi connectivity index (χ1n) is 5.83. The number of ether oxygens (including phenoxy) is 2. The Balaban J connectivity index is 3.13. The van der Waals surface area contributed by atoms with Gasteiger partial charge in [0.2, 0.25) is 0 Å². The van der Waals surface area contributed by atoms with Gasteiger partial charge in [0.15, 0.2) is 5.78 Å². The molecular formula is C14H21NO3. The van der Waals surface area contributed by atoms with E-state index in [9.17, 15) is 4.79 Å². The number of hydrogen-bond acceptors (Lipinski definition) is 4. The van der Waals surface area contributed by atoms with Crippen molar-refractivity contribution in [1.29, 1.82) is 0 Å². The second-order valence-corrected chi connectivity index (χ2v) is 5.27. The Labute approximate surface area is 108 Å². The molecule has 1 atom stereocenters. The lowest BCUT2D eigenvalue weighted by Gasteiger charge is -2.26. The number of rotatable bonds is 4. The van der Waals surface area contributed by atoms with Gasteiger partial charge in [-0.25, -0.2) is 0 Å². The maximum atomic E-state index is 12.3. The third-order valence-electron chi connectivity index (χ3n) is 2.89. The smallest absolute Gasteiger partial charge is 0.183 e. The molecule has 0 aliphatic carbocycles. The van der Waals surface area contributed by atoms with E-state index in [-0.39, 0.29) is 11.2 Å². The summed E-state index contributed by atoms with van der Waals surface area (Å²) in [6.07, 6.45) is 0. The minimum atomic E-state index is -0.570. The van der Waals surface area contributed by atoms with Gasteiger partial charge in [-0.15, -0.1) is 0 Å².